The number of nitrogens with zero attached hydrogens (tertiary/aromatic N) is 1. The van der Waals surface area contributed by atoms with Crippen LogP contribution < -0.4 is 4.90 Å². The van der Waals surface area contributed by atoms with Crippen molar-refractivity contribution in [2.75, 3.05) is 4.90 Å². The number of hydrogen-bond donors (Lipinski definition) is 0. The summed E-state index contributed by atoms with van der Waals surface area (Å²) in [5, 5.41) is 9.07. The summed E-state index contributed by atoms with van der Waals surface area (Å²) in [6.45, 7) is 0. The molecule has 0 spiro atoms. The van der Waals surface area contributed by atoms with E-state index in [9.17, 15) is 0 Å². The molecule has 0 unspecified atom stereocenters. The summed E-state index contributed by atoms with van der Waals surface area (Å²) in [7, 11) is 0. The number of para-hydroxylation sites is 2. The lowest BCUT2D eigenvalue weighted by Crippen LogP contribution is -2.12. The van der Waals surface area contributed by atoms with Gasteiger partial charge in [-0.3, -0.25) is 0 Å². The number of benzene rings is 8. The maximum atomic E-state index is 6.67. The van der Waals surface area contributed by atoms with Crippen molar-refractivity contribution in [3.05, 3.63) is 164 Å². The minimum Gasteiger partial charge on any atom is -0.456 e. The van der Waals surface area contributed by atoms with Gasteiger partial charge in [0.05, 0.1) is 22.4 Å². The number of anilines is 3. The molecule has 0 aliphatic heterocycles. The van der Waals surface area contributed by atoms with E-state index in [-0.39, 0.29) is 0 Å². The average Bonchev–Trinajstić information content (AvgIpc) is 3.71. The van der Waals surface area contributed by atoms with E-state index in [0.29, 0.717) is 0 Å². The largest absolute Gasteiger partial charge is 0.456 e. The van der Waals surface area contributed by atoms with Gasteiger partial charge in [0, 0.05) is 32.5 Å². The zero-order chi connectivity index (χ0) is 30.9. The van der Waals surface area contributed by atoms with Gasteiger partial charge in [-0.2, -0.15) is 0 Å². The molecule has 0 bridgehead atoms. The smallest absolute Gasteiger partial charge is 0.143 e. The van der Waals surface area contributed by atoms with E-state index in [4.69, 9.17) is 8.83 Å². The predicted molar refractivity (Wildman–Crippen MR) is 196 cm³/mol. The number of rotatable bonds is 4. The summed E-state index contributed by atoms with van der Waals surface area (Å²) in [4.78, 5) is 2.41. The Morgan fingerprint density at radius 2 is 0.979 bits per heavy atom. The highest BCUT2D eigenvalue weighted by molar-refractivity contribution is 6.20. The molecule has 10 aromatic rings. The van der Waals surface area contributed by atoms with Crippen molar-refractivity contribution in [1.29, 1.82) is 0 Å². The Balaban J connectivity index is 1.28. The highest BCUT2D eigenvalue weighted by atomic mass is 16.3. The molecule has 0 N–H and O–H groups in total. The Morgan fingerprint density at radius 1 is 0.362 bits per heavy atom. The fourth-order valence-corrected chi connectivity index (χ4v) is 7.32. The predicted octanol–water partition coefficient (Wildman–Crippen LogP) is 12.9. The molecule has 8 aromatic carbocycles. The van der Waals surface area contributed by atoms with Crippen molar-refractivity contribution in [3.63, 3.8) is 0 Å². The number of fused-ring (bicyclic) bond motifs is 9. The molecule has 0 fully saturated rings. The molecule has 0 radical (unpaired) electrons. The van der Waals surface area contributed by atoms with E-state index in [1.54, 1.807) is 0 Å². The van der Waals surface area contributed by atoms with E-state index in [2.05, 4.69) is 157 Å². The summed E-state index contributed by atoms with van der Waals surface area (Å²) < 4.78 is 13.0. The molecule has 3 nitrogen and oxygen atoms in total. The minimum atomic E-state index is 0.861. The molecule has 10 rings (SSSR count). The van der Waals surface area contributed by atoms with Crippen LogP contribution in [0.5, 0.6) is 0 Å². The number of furan rings is 2. The fourth-order valence-electron chi connectivity index (χ4n) is 7.32. The van der Waals surface area contributed by atoms with Crippen molar-refractivity contribution in [1.82, 2.24) is 0 Å². The van der Waals surface area contributed by atoms with Gasteiger partial charge in [-0.05, 0) is 64.9 Å². The van der Waals surface area contributed by atoms with Crippen LogP contribution in [0.4, 0.5) is 17.1 Å². The molecular weight excluding hydrogens is 574 g/mol. The Morgan fingerprint density at radius 3 is 1.89 bits per heavy atom. The number of hydrogen-bond acceptors (Lipinski definition) is 3. The van der Waals surface area contributed by atoms with Gasteiger partial charge in [0.1, 0.15) is 22.3 Å². The third-order valence-electron chi connectivity index (χ3n) is 9.45. The Labute approximate surface area is 270 Å². The molecule has 0 amide bonds. The second-order valence-electron chi connectivity index (χ2n) is 12.1. The van der Waals surface area contributed by atoms with Gasteiger partial charge in [-0.15, -0.1) is 0 Å². The van der Waals surface area contributed by atoms with Gasteiger partial charge in [-0.1, -0.05) is 115 Å². The van der Waals surface area contributed by atoms with Crippen molar-refractivity contribution in [2.24, 2.45) is 0 Å². The van der Waals surface area contributed by atoms with Gasteiger partial charge >= 0.3 is 0 Å². The van der Waals surface area contributed by atoms with E-state index in [1.807, 2.05) is 12.1 Å². The van der Waals surface area contributed by atoms with E-state index >= 15 is 0 Å². The van der Waals surface area contributed by atoms with Crippen molar-refractivity contribution < 1.29 is 8.83 Å². The molecule has 0 atom stereocenters. The van der Waals surface area contributed by atoms with Crippen molar-refractivity contribution >= 4 is 82.5 Å². The molecule has 2 aromatic heterocycles. The van der Waals surface area contributed by atoms with Crippen molar-refractivity contribution in [3.8, 4) is 11.1 Å². The van der Waals surface area contributed by atoms with Gasteiger partial charge in [0.15, 0.2) is 0 Å². The second-order valence-corrected chi connectivity index (χ2v) is 12.1. The lowest BCUT2D eigenvalue weighted by molar-refractivity contribution is 0.669. The Kier molecular flexibility index (Phi) is 5.57. The summed E-state index contributed by atoms with van der Waals surface area (Å²) >= 11 is 0. The lowest BCUT2D eigenvalue weighted by atomic mass is 9.98. The first-order valence-electron chi connectivity index (χ1n) is 15.9. The van der Waals surface area contributed by atoms with E-state index < -0.39 is 0 Å². The zero-order valence-corrected chi connectivity index (χ0v) is 25.4. The van der Waals surface area contributed by atoms with Crippen LogP contribution in [0.2, 0.25) is 0 Å². The highest BCUT2D eigenvalue weighted by Gasteiger charge is 2.24. The fraction of sp³-hybridized carbons (Fsp3) is 0. The van der Waals surface area contributed by atoms with Crippen LogP contribution in [0.3, 0.4) is 0 Å². The lowest BCUT2D eigenvalue weighted by Gasteiger charge is -2.29. The molecular formula is C44H27NO2. The van der Waals surface area contributed by atoms with Gasteiger partial charge in [-0.25, -0.2) is 0 Å². The summed E-state index contributed by atoms with van der Waals surface area (Å²) in [6, 6.07) is 57.9. The van der Waals surface area contributed by atoms with Crippen LogP contribution in [-0.4, -0.2) is 0 Å². The van der Waals surface area contributed by atoms with E-state index in [0.717, 1.165) is 82.8 Å². The second kappa shape index (κ2) is 10.1. The molecule has 47 heavy (non-hydrogen) atoms. The van der Waals surface area contributed by atoms with E-state index in [1.165, 1.54) is 10.8 Å². The molecule has 220 valence electrons. The summed E-state index contributed by atoms with van der Waals surface area (Å²) in [5.41, 5.74) is 8.98. The maximum absolute atomic E-state index is 6.67. The van der Waals surface area contributed by atoms with Crippen LogP contribution in [-0.2, 0) is 0 Å². The summed E-state index contributed by atoms with van der Waals surface area (Å²) in [6.07, 6.45) is 0. The van der Waals surface area contributed by atoms with Crippen LogP contribution in [0.1, 0.15) is 0 Å². The van der Waals surface area contributed by atoms with Gasteiger partial charge < -0.3 is 13.7 Å². The molecule has 0 aliphatic carbocycles. The zero-order valence-electron chi connectivity index (χ0n) is 25.4. The molecule has 3 heteroatoms. The normalized spacial score (nSPS) is 11.8. The molecule has 0 saturated carbocycles. The maximum Gasteiger partial charge on any atom is 0.143 e. The standard InChI is InChI=1S/C44H27NO2/c1-3-14-31-28(11-1)13-9-19-38(31)45(39-20-10-22-41-43(39)36-26-23-29-12-2-4-16-33(29)44(36)47-41)37-18-7-5-15-32(37)30-24-25-35-34-17-6-8-21-40(34)46-42(35)27-30/h1-27H. The van der Waals surface area contributed by atoms with Gasteiger partial charge in [0.2, 0.25) is 0 Å². The first-order chi connectivity index (χ1) is 23.3. The first kappa shape index (κ1) is 26.0. The average molecular weight is 602 g/mol. The monoisotopic (exact) mass is 601 g/mol. The first-order valence-corrected chi connectivity index (χ1v) is 15.9. The highest BCUT2D eigenvalue weighted by Crippen LogP contribution is 2.48. The van der Waals surface area contributed by atoms with Crippen molar-refractivity contribution in [2.45, 2.75) is 0 Å². The third-order valence-corrected chi connectivity index (χ3v) is 9.45. The SMILES string of the molecule is c1ccc(N(c2cccc3ccccc23)c2cccc3oc4c5ccccc5ccc4c23)c(-c2ccc3c(c2)oc2ccccc23)c1. The molecule has 0 saturated heterocycles. The van der Waals surface area contributed by atoms with Crippen LogP contribution in [0.15, 0.2) is 173 Å². The van der Waals surface area contributed by atoms with Crippen LogP contribution >= 0.6 is 0 Å². The quantitative estimate of drug-likeness (QED) is 0.201. The molecule has 0 aliphatic rings. The Bertz CT molecular complexity index is 2820. The summed E-state index contributed by atoms with van der Waals surface area (Å²) in [5.74, 6) is 0. The third kappa shape index (κ3) is 3.93. The van der Waals surface area contributed by atoms with Gasteiger partial charge in [0.25, 0.3) is 0 Å². The minimum absolute atomic E-state index is 0.861. The molecule has 2 heterocycles. The topological polar surface area (TPSA) is 29.5 Å². The van der Waals surface area contributed by atoms with Crippen LogP contribution in [0.25, 0.3) is 76.5 Å². The Hall–Kier alpha value is -6.32. The van der Waals surface area contributed by atoms with Crippen LogP contribution in [0, 0.1) is 0 Å².